The topological polar surface area (TPSA) is 168 Å². The smallest absolute Gasteiger partial charge is 0.335 e. The number of hydrogen-bond donors (Lipinski definition) is 4. The van der Waals surface area contributed by atoms with Gasteiger partial charge >= 0.3 is 23.9 Å². The summed E-state index contributed by atoms with van der Waals surface area (Å²) in [5, 5.41) is 36.8. The summed E-state index contributed by atoms with van der Waals surface area (Å²) in [6.45, 7) is 0.00721. The van der Waals surface area contributed by atoms with Gasteiger partial charge in [0.25, 0.3) is 0 Å². The second-order valence-electron chi connectivity index (χ2n) is 7.26. The Morgan fingerprint density at radius 3 is 1.14 bits per heavy atom. The third kappa shape index (κ3) is 6.93. The molecule has 4 N–H and O–H groups in total. The number of rotatable bonds is 10. The highest BCUT2D eigenvalue weighted by Gasteiger charge is 2.14. The molecule has 0 aliphatic rings. The third-order valence-corrected chi connectivity index (χ3v) is 5.25. The lowest BCUT2D eigenvalue weighted by Gasteiger charge is -2.12. The normalized spacial score (nSPS) is 10.4. The summed E-state index contributed by atoms with van der Waals surface area (Å²) in [5.41, 5.74) is 0.473. The van der Waals surface area contributed by atoms with Crippen molar-refractivity contribution in [1.29, 1.82) is 0 Å². The molecule has 10 nitrogen and oxygen atoms in total. The lowest BCUT2D eigenvalue weighted by molar-refractivity contribution is 0.0675. The van der Waals surface area contributed by atoms with E-state index in [0.717, 1.165) is 15.7 Å². The van der Waals surface area contributed by atoms with Gasteiger partial charge in [0.15, 0.2) is 0 Å². The fraction of sp³-hybridized carbons (Fsp3) is 0.0833. The van der Waals surface area contributed by atoms with Crippen LogP contribution in [0.4, 0.5) is 0 Å². The summed E-state index contributed by atoms with van der Waals surface area (Å²) in [5.74, 6) is -5.00. The zero-order valence-electron chi connectivity index (χ0n) is 17.7. The molecule has 180 valence electrons. The van der Waals surface area contributed by atoms with Gasteiger partial charge in [0.05, 0.1) is 22.3 Å². The van der Waals surface area contributed by atoms with Gasteiger partial charge in [0.2, 0.25) is 0 Å². The van der Waals surface area contributed by atoms with Gasteiger partial charge in [-0.25, -0.2) is 19.2 Å². The Morgan fingerprint density at radius 1 is 0.543 bits per heavy atom. The van der Waals surface area contributed by atoms with Crippen molar-refractivity contribution in [2.24, 2.45) is 0 Å². The second kappa shape index (κ2) is 10.9. The molecule has 0 unspecified atom stereocenters. The highest BCUT2D eigenvalue weighted by molar-refractivity contribution is 14.1. The van der Waals surface area contributed by atoms with Crippen LogP contribution in [-0.4, -0.2) is 44.3 Å². The zero-order valence-corrected chi connectivity index (χ0v) is 19.9. The van der Waals surface area contributed by atoms with Gasteiger partial charge < -0.3 is 29.9 Å². The van der Waals surface area contributed by atoms with Crippen LogP contribution in [0.15, 0.2) is 54.6 Å². The molecule has 0 aliphatic heterocycles. The molecule has 0 aromatic heterocycles. The predicted molar refractivity (Wildman–Crippen MR) is 129 cm³/mol. The largest absolute Gasteiger partial charge is 0.489 e. The number of halogens is 1. The molecule has 0 spiro atoms. The molecule has 0 atom stereocenters. The first kappa shape index (κ1) is 25.5. The van der Waals surface area contributed by atoms with E-state index < -0.39 is 23.9 Å². The zero-order chi connectivity index (χ0) is 25.7. The highest BCUT2D eigenvalue weighted by atomic mass is 127. The van der Waals surface area contributed by atoms with E-state index in [-0.39, 0.29) is 47.0 Å². The maximum Gasteiger partial charge on any atom is 0.335 e. The minimum Gasteiger partial charge on any atom is -0.489 e. The van der Waals surface area contributed by atoms with Crippen LogP contribution in [0.5, 0.6) is 11.5 Å². The Bertz CT molecular complexity index is 1170. The maximum atomic E-state index is 11.3. The lowest BCUT2D eigenvalue weighted by Crippen LogP contribution is -2.06. The Hall–Kier alpha value is -4.13. The van der Waals surface area contributed by atoms with Crippen molar-refractivity contribution in [3.8, 4) is 11.5 Å². The van der Waals surface area contributed by atoms with E-state index in [1.807, 2.05) is 0 Å². The monoisotopic (exact) mass is 592 g/mol. The van der Waals surface area contributed by atoms with Crippen molar-refractivity contribution in [2.75, 3.05) is 0 Å². The first-order chi connectivity index (χ1) is 16.5. The molecule has 3 aromatic rings. The van der Waals surface area contributed by atoms with Gasteiger partial charge in [-0.3, -0.25) is 0 Å². The molecule has 3 aromatic carbocycles. The highest BCUT2D eigenvalue weighted by Crippen LogP contribution is 2.22. The van der Waals surface area contributed by atoms with Gasteiger partial charge in [0, 0.05) is 3.57 Å². The summed E-state index contributed by atoms with van der Waals surface area (Å²) in [7, 11) is 0. The summed E-state index contributed by atoms with van der Waals surface area (Å²) < 4.78 is 12.1. The Kier molecular flexibility index (Phi) is 7.91. The number of aromatic carboxylic acids is 4. The predicted octanol–water partition coefficient (Wildman–Crippen LogP) is 4.24. The van der Waals surface area contributed by atoms with Gasteiger partial charge in [0.1, 0.15) is 24.7 Å². The summed E-state index contributed by atoms with van der Waals surface area (Å²) in [4.78, 5) is 45.1. The molecule has 0 aliphatic carbocycles. The van der Waals surface area contributed by atoms with E-state index >= 15 is 0 Å². The SMILES string of the molecule is O=C(O)c1cc(OCc2cc(I)cc(COc3cc(C(=O)O)cc(C(=O)O)c3)c2)cc(C(=O)O)c1. The van der Waals surface area contributed by atoms with Crippen LogP contribution >= 0.6 is 22.6 Å². The minimum atomic E-state index is -1.29. The van der Waals surface area contributed by atoms with E-state index in [0.29, 0.717) is 11.1 Å². The van der Waals surface area contributed by atoms with Crippen molar-refractivity contribution >= 4 is 46.5 Å². The van der Waals surface area contributed by atoms with Crippen LogP contribution in [0.25, 0.3) is 0 Å². The average molecular weight is 592 g/mol. The Morgan fingerprint density at radius 2 is 0.857 bits per heavy atom. The summed E-state index contributed by atoms with van der Waals surface area (Å²) >= 11 is 2.07. The van der Waals surface area contributed by atoms with Crippen LogP contribution in [-0.2, 0) is 13.2 Å². The Balaban J connectivity index is 1.77. The van der Waals surface area contributed by atoms with Crippen molar-refractivity contribution in [2.45, 2.75) is 13.2 Å². The van der Waals surface area contributed by atoms with Crippen molar-refractivity contribution < 1.29 is 49.1 Å². The van der Waals surface area contributed by atoms with Crippen LogP contribution in [0.2, 0.25) is 0 Å². The Labute approximate surface area is 211 Å². The molecular formula is C24H17IO10. The van der Waals surface area contributed by atoms with E-state index in [9.17, 15) is 39.6 Å². The quantitative estimate of drug-likeness (QED) is 0.250. The minimum absolute atomic E-state index is 0.00361. The van der Waals surface area contributed by atoms with E-state index in [4.69, 9.17) is 9.47 Å². The molecular weight excluding hydrogens is 575 g/mol. The molecule has 35 heavy (non-hydrogen) atoms. The first-order valence-electron chi connectivity index (χ1n) is 9.79. The number of carbonyl (C=O) groups is 4. The molecule has 3 rings (SSSR count). The van der Waals surface area contributed by atoms with Gasteiger partial charge in [-0.2, -0.15) is 0 Å². The molecule has 0 fully saturated rings. The molecule has 0 bridgehead atoms. The van der Waals surface area contributed by atoms with Gasteiger partial charge in [-0.05, 0) is 88.3 Å². The van der Waals surface area contributed by atoms with E-state index in [1.165, 1.54) is 24.3 Å². The number of carboxylic acid groups (broad SMARTS) is 4. The van der Waals surface area contributed by atoms with Crippen LogP contribution < -0.4 is 9.47 Å². The van der Waals surface area contributed by atoms with Gasteiger partial charge in [-0.15, -0.1) is 0 Å². The van der Waals surface area contributed by atoms with Gasteiger partial charge in [-0.1, -0.05) is 0 Å². The molecule has 0 amide bonds. The number of carboxylic acids is 4. The van der Waals surface area contributed by atoms with E-state index in [2.05, 4.69) is 22.6 Å². The molecule has 0 heterocycles. The summed E-state index contributed by atoms with van der Waals surface area (Å²) in [6.07, 6.45) is 0. The molecule has 0 saturated carbocycles. The number of benzene rings is 3. The first-order valence-corrected chi connectivity index (χ1v) is 10.9. The van der Waals surface area contributed by atoms with Crippen molar-refractivity contribution in [3.63, 3.8) is 0 Å². The van der Waals surface area contributed by atoms with E-state index in [1.54, 1.807) is 18.2 Å². The van der Waals surface area contributed by atoms with Crippen LogP contribution in [0.1, 0.15) is 52.6 Å². The van der Waals surface area contributed by atoms with Crippen molar-refractivity contribution in [1.82, 2.24) is 0 Å². The number of hydrogen-bond acceptors (Lipinski definition) is 6. The second-order valence-corrected chi connectivity index (χ2v) is 8.50. The number of ether oxygens (including phenoxy) is 2. The molecule has 0 saturated heterocycles. The maximum absolute atomic E-state index is 11.3. The van der Waals surface area contributed by atoms with Crippen LogP contribution in [0, 0.1) is 3.57 Å². The van der Waals surface area contributed by atoms with Crippen LogP contribution in [0.3, 0.4) is 0 Å². The standard InChI is InChI=1S/C24H17IO10/c25-18-2-12(10-34-19-6-14(21(26)27)4-15(7-19)22(28)29)1-13(3-18)11-35-20-8-16(23(30)31)5-17(9-20)24(32)33/h1-9H,10-11H2,(H,26,27)(H,28,29)(H,30,31)(H,32,33). The average Bonchev–Trinajstić information content (AvgIpc) is 2.80. The fourth-order valence-electron chi connectivity index (χ4n) is 3.08. The molecule has 11 heteroatoms. The molecule has 0 radical (unpaired) electrons. The fourth-order valence-corrected chi connectivity index (χ4v) is 3.88. The summed E-state index contributed by atoms with van der Waals surface area (Å²) in [6, 6.07) is 12.3. The lowest BCUT2D eigenvalue weighted by atomic mass is 10.1. The van der Waals surface area contributed by atoms with Crippen molar-refractivity contribution in [3.05, 3.63) is 91.5 Å². The third-order valence-electron chi connectivity index (χ3n) is 4.63.